The molecular formula is C15H16ClN7O2S. The van der Waals surface area contributed by atoms with Gasteiger partial charge in [0.05, 0.1) is 4.90 Å². The molecule has 0 radical (unpaired) electrons. The second-order valence-electron chi connectivity index (χ2n) is 5.93. The van der Waals surface area contributed by atoms with Gasteiger partial charge in [-0.1, -0.05) is 16.8 Å². The molecule has 11 heteroatoms. The van der Waals surface area contributed by atoms with Crippen molar-refractivity contribution in [3.63, 3.8) is 0 Å². The van der Waals surface area contributed by atoms with Gasteiger partial charge < -0.3 is 4.90 Å². The Morgan fingerprint density at radius 2 is 1.73 bits per heavy atom. The number of halogens is 1. The van der Waals surface area contributed by atoms with Crippen LogP contribution in [0.5, 0.6) is 0 Å². The normalized spacial score (nSPS) is 16.3. The molecule has 0 saturated carbocycles. The van der Waals surface area contributed by atoms with E-state index >= 15 is 0 Å². The second kappa shape index (κ2) is 6.45. The van der Waals surface area contributed by atoms with Crippen molar-refractivity contribution in [1.82, 2.24) is 29.3 Å². The van der Waals surface area contributed by atoms with E-state index in [4.69, 9.17) is 11.6 Å². The smallest absolute Gasteiger partial charge is 0.243 e. The summed E-state index contributed by atoms with van der Waals surface area (Å²) in [4.78, 5) is 10.7. The number of hydrogen-bond acceptors (Lipinski definition) is 7. The maximum absolute atomic E-state index is 12.8. The van der Waals surface area contributed by atoms with Crippen LogP contribution in [0.25, 0.3) is 11.2 Å². The standard InChI is InChI=1S/C15H16ClN7O2S/c1-21-14-13(19-20-21)15(18-10-17-14)22-6-8-23(9-7-22)26(24,25)12-4-2-11(16)3-5-12/h2-5,10H,6-9H2,1H3. The van der Waals surface area contributed by atoms with Gasteiger partial charge >= 0.3 is 0 Å². The molecule has 4 rings (SSSR count). The number of sulfonamides is 1. The quantitative estimate of drug-likeness (QED) is 0.652. The van der Waals surface area contributed by atoms with Crippen LogP contribution < -0.4 is 4.90 Å². The van der Waals surface area contributed by atoms with Gasteiger partial charge in [-0.3, -0.25) is 0 Å². The molecule has 1 fully saturated rings. The van der Waals surface area contributed by atoms with Gasteiger partial charge in [-0.2, -0.15) is 4.31 Å². The van der Waals surface area contributed by atoms with Crippen molar-refractivity contribution < 1.29 is 8.42 Å². The van der Waals surface area contributed by atoms with Gasteiger partial charge in [0, 0.05) is 38.2 Å². The first-order valence-corrected chi connectivity index (χ1v) is 9.79. The van der Waals surface area contributed by atoms with E-state index in [0.717, 1.165) is 0 Å². The first-order chi connectivity index (χ1) is 12.5. The maximum atomic E-state index is 12.8. The van der Waals surface area contributed by atoms with Crippen molar-refractivity contribution in [2.45, 2.75) is 4.90 Å². The number of nitrogens with zero attached hydrogens (tertiary/aromatic N) is 7. The molecule has 0 bridgehead atoms. The van der Waals surface area contributed by atoms with Crippen molar-refractivity contribution in [2.75, 3.05) is 31.1 Å². The van der Waals surface area contributed by atoms with Crippen molar-refractivity contribution in [1.29, 1.82) is 0 Å². The minimum absolute atomic E-state index is 0.244. The summed E-state index contributed by atoms with van der Waals surface area (Å²) in [6.07, 6.45) is 1.47. The molecule has 0 atom stereocenters. The van der Waals surface area contributed by atoms with Crippen molar-refractivity contribution >= 4 is 38.6 Å². The van der Waals surface area contributed by atoms with Gasteiger partial charge in [0.25, 0.3) is 0 Å². The Balaban J connectivity index is 1.54. The summed E-state index contributed by atoms with van der Waals surface area (Å²) in [6.45, 7) is 1.73. The molecule has 3 aromatic rings. The van der Waals surface area contributed by atoms with Crippen LogP contribution in [0.15, 0.2) is 35.5 Å². The third kappa shape index (κ3) is 2.89. The lowest BCUT2D eigenvalue weighted by molar-refractivity contribution is 0.384. The third-order valence-corrected chi connectivity index (χ3v) is 6.52. The molecule has 136 valence electrons. The summed E-state index contributed by atoms with van der Waals surface area (Å²) in [5.74, 6) is 0.673. The number of aryl methyl sites for hydroxylation is 1. The molecule has 1 aliphatic heterocycles. The first kappa shape index (κ1) is 17.1. The number of hydrogen-bond donors (Lipinski definition) is 0. The highest BCUT2D eigenvalue weighted by Crippen LogP contribution is 2.24. The van der Waals surface area contributed by atoms with Gasteiger partial charge in [0.15, 0.2) is 17.0 Å². The lowest BCUT2D eigenvalue weighted by Crippen LogP contribution is -2.49. The third-order valence-electron chi connectivity index (χ3n) is 4.36. The fourth-order valence-corrected chi connectivity index (χ4v) is 4.52. The number of benzene rings is 1. The first-order valence-electron chi connectivity index (χ1n) is 7.98. The molecule has 1 aromatic carbocycles. The summed E-state index contributed by atoms with van der Waals surface area (Å²) in [7, 11) is -1.77. The van der Waals surface area contributed by atoms with Crippen LogP contribution in [0.2, 0.25) is 5.02 Å². The van der Waals surface area contributed by atoms with E-state index in [9.17, 15) is 8.42 Å². The summed E-state index contributed by atoms with van der Waals surface area (Å²) in [5.41, 5.74) is 1.26. The van der Waals surface area contributed by atoms with Gasteiger partial charge in [-0.05, 0) is 24.3 Å². The van der Waals surface area contributed by atoms with Crippen LogP contribution in [0.1, 0.15) is 0 Å². The minimum atomic E-state index is -3.54. The molecule has 26 heavy (non-hydrogen) atoms. The van der Waals surface area contributed by atoms with E-state index in [-0.39, 0.29) is 4.90 Å². The Kier molecular flexibility index (Phi) is 4.25. The van der Waals surface area contributed by atoms with Crippen LogP contribution in [0.3, 0.4) is 0 Å². The van der Waals surface area contributed by atoms with E-state index in [1.54, 1.807) is 23.9 Å². The molecule has 0 N–H and O–H groups in total. The molecule has 3 heterocycles. The molecule has 2 aromatic heterocycles. The van der Waals surface area contributed by atoms with Crippen LogP contribution in [-0.2, 0) is 17.1 Å². The van der Waals surface area contributed by atoms with E-state index in [2.05, 4.69) is 20.3 Å². The molecule has 0 amide bonds. The van der Waals surface area contributed by atoms with Gasteiger partial charge in [0.1, 0.15) is 6.33 Å². The highest BCUT2D eigenvalue weighted by molar-refractivity contribution is 7.89. The number of fused-ring (bicyclic) bond motifs is 1. The van der Waals surface area contributed by atoms with Crippen LogP contribution in [0.4, 0.5) is 5.82 Å². The molecule has 0 spiro atoms. The molecule has 0 aliphatic carbocycles. The zero-order valence-electron chi connectivity index (χ0n) is 13.9. The predicted molar refractivity (Wildman–Crippen MR) is 96.5 cm³/mol. The monoisotopic (exact) mass is 393 g/mol. The molecule has 1 saturated heterocycles. The van der Waals surface area contributed by atoms with Crippen molar-refractivity contribution in [2.24, 2.45) is 7.05 Å². The Bertz CT molecular complexity index is 1040. The highest BCUT2D eigenvalue weighted by Gasteiger charge is 2.30. The van der Waals surface area contributed by atoms with Crippen LogP contribution in [0, 0.1) is 0 Å². The van der Waals surface area contributed by atoms with E-state index in [1.807, 2.05) is 4.90 Å². The van der Waals surface area contributed by atoms with Gasteiger partial charge in [-0.25, -0.2) is 23.1 Å². The average molecular weight is 394 g/mol. The molecule has 0 unspecified atom stereocenters. The summed E-state index contributed by atoms with van der Waals surface area (Å²) in [5, 5.41) is 8.60. The summed E-state index contributed by atoms with van der Waals surface area (Å²) < 4.78 is 28.6. The Morgan fingerprint density at radius 3 is 2.42 bits per heavy atom. The zero-order valence-corrected chi connectivity index (χ0v) is 15.5. The maximum Gasteiger partial charge on any atom is 0.243 e. The molecule has 9 nitrogen and oxygen atoms in total. The Morgan fingerprint density at radius 1 is 1.04 bits per heavy atom. The highest BCUT2D eigenvalue weighted by atomic mass is 35.5. The van der Waals surface area contributed by atoms with E-state index < -0.39 is 10.0 Å². The topological polar surface area (TPSA) is 97.1 Å². The molecular weight excluding hydrogens is 378 g/mol. The number of rotatable bonds is 3. The fraction of sp³-hybridized carbons (Fsp3) is 0.333. The van der Waals surface area contributed by atoms with Crippen molar-refractivity contribution in [3.8, 4) is 0 Å². The SMILES string of the molecule is Cn1nnc2c(N3CCN(S(=O)(=O)c4ccc(Cl)cc4)CC3)ncnc21. The average Bonchev–Trinajstić information content (AvgIpc) is 3.03. The lowest BCUT2D eigenvalue weighted by atomic mass is 10.3. The summed E-state index contributed by atoms with van der Waals surface area (Å²) >= 11 is 5.84. The Labute approximate surface area is 155 Å². The predicted octanol–water partition coefficient (Wildman–Crippen LogP) is 0.923. The second-order valence-corrected chi connectivity index (χ2v) is 8.30. The van der Waals surface area contributed by atoms with E-state index in [1.165, 1.54) is 22.8 Å². The summed E-state index contributed by atoms with van der Waals surface area (Å²) in [6, 6.07) is 6.21. The number of anilines is 1. The number of piperazine rings is 1. The van der Waals surface area contributed by atoms with Gasteiger partial charge in [0.2, 0.25) is 10.0 Å². The number of aromatic nitrogens is 5. The lowest BCUT2D eigenvalue weighted by Gasteiger charge is -2.34. The minimum Gasteiger partial charge on any atom is -0.352 e. The van der Waals surface area contributed by atoms with Crippen LogP contribution in [-0.4, -0.2) is 63.9 Å². The zero-order chi connectivity index (χ0) is 18.3. The fourth-order valence-electron chi connectivity index (χ4n) is 2.97. The molecule has 1 aliphatic rings. The van der Waals surface area contributed by atoms with E-state index in [0.29, 0.717) is 48.2 Å². The largest absolute Gasteiger partial charge is 0.352 e. The Hall–Kier alpha value is -2.30. The van der Waals surface area contributed by atoms with Gasteiger partial charge in [-0.15, -0.1) is 5.10 Å². The van der Waals surface area contributed by atoms with Crippen molar-refractivity contribution in [3.05, 3.63) is 35.6 Å². The van der Waals surface area contributed by atoms with Crippen LogP contribution >= 0.6 is 11.6 Å².